The van der Waals surface area contributed by atoms with Gasteiger partial charge in [-0.3, -0.25) is 9.59 Å². The van der Waals surface area contributed by atoms with E-state index < -0.39 is 17.9 Å². The Morgan fingerprint density at radius 3 is 2.65 bits per heavy atom. The number of rotatable bonds is 6. The molecule has 1 N–H and O–H groups in total. The molecule has 0 radical (unpaired) electrons. The van der Waals surface area contributed by atoms with Crippen LogP contribution in [0.1, 0.15) is 24.8 Å². The molecule has 0 aromatic heterocycles. The Bertz CT molecular complexity index is 498. The van der Waals surface area contributed by atoms with Gasteiger partial charge in [0.15, 0.2) is 0 Å². The van der Waals surface area contributed by atoms with Crippen LogP contribution in [0, 0.1) is 0 Å². The van der Waals surface area contributed by atoms with Gasteiger partial charge in [0, 0.05) is 12.8 Å². The maximum atomic E-state index is 11.7. The Morgan fingerprint density at radius 1 is 1.25 bits per heavy atom. The summed E-state index contributed by atoms with van der Waals surface area (Å²) in [6.45, 7) is 0.325. The topological polar surface area (TPSA) is 72.5 Å². The molecular weight excluding hydrogens is 258 g/mol. The van der Waals surface area contributed by atoms with Crippen LogP contribution in [0.3, 0.4) is 0 Å². The molecule has 1 aromatic rings. The van der Waals surface area contributed by atoms with Crippen LogP contribution >= 0.6 is 0 Å². The summed E-state index contributed by atoms with van der Waals surface area (Å²) >= 11 is 0. The summed E-state index contributed by atoms with van der Waals surface area (Å²) < 4.78 is 4.74. The summed E-state index contributed by atoms with van der Waals surface area (Å²) in [5.41, 5.74) is 1.07. The lowest BCUT2D eigenvalue weighted by molar-refractivity contribution is -0.142. The lowest BCUT2D eigenvalue weighted by Crippen LogP contribution is -2.38. The van der Waals surface area contributed by atoms with Crippen molar-refractivity contribution in [3.8, 4) is 0 Å². The van der Waals surface area contributed by atoms with Crippen LogP contribution < -0.4 is 5.32 Å². The molecule has 1 aromatic carbocycles. The number of ketones is 1. The van der Waals surface area contributed by atoms with Crippen molar-refractivity contribution in [3.63, 3.8) is 0 Å². The van der Waals surface area contributed by atoms with Crippen molar-refractivity contribution in [3.05, 3.63) is 35.9 Å². The van der Waals surface area contributed by atoms with E-state index in [9.17, 15) is 14.4 Å². The predicted octanol–water partition coefficient (Wildman–Crippen LogP) is 1.01. The highest BCUT2D eigenvalue weighted by molar-refractivity contribution is 5.99. The average Bonchev–Trinajstić information content (AvgIpc) is 2.83. The summed E-state index contributed by atoms with van der Waals surface area (Å²) in [6.07, 6.45) is 1.24. The largest absolute Gasteiger partial charge is 0.464 e. The zero-order valence-electron chi connectivity index (χ0n) is 11.1. The minimum atomic E-state index is -0.593. The zero-order valence-corrected chi connectivity index (χ0v) is 11.1. The summed E-state index contributed by atoms with van der Waals surface area (Å²) in [6, 6.07) is 9.05. The monoisotopic (exact) mass is 275 g/mol. The van der Waals surface area contributed by atoms with Crippen molar-refractivity contribution in [1.29, 1.82) is 0 Å². The molecule has 0 spiro atoms. The molecule has 20 heavy (non-hydrogen) atoms. The van der Waals surface area contributed by atoms with E-state index in [1.165, 1.54) is 0 Å². The van der Waals surface area contributed by atoms with Crippen molar-refractivity contribution in [2.75, 3.05) is 6.61 Å². The van der Waals surface area contributed by atoms with Crippen LogP contribution in [0.15, 0.2) is 30.3 Å². The van der Waals surface area contributed by atoms with Gasteiger partial charge < -0.3 is 10.1 Å². The third-order valence-electron chi connectivity index (χ3n) is 3.16. The molecule has 1 aliphatic rings. The summed E-state index contributed by atoms with van der Waals surface area (Å²) in [5.74, 6) is -0.959. The zero-order chi connectivity index (χ0) is 14.4. The molecule has 0 unspecified atom stereocenters. The summed E-state index contributed by atoms with van der Waals surface area (Å²) in [4.78, 5) is 34.5. The van der Waals surface area contributed by atoms with Gasteiger partial charge in [0.1, 0.15) is 11.8 Å². The first-order valence-corrected chi connectivity index (χ1v) is 6.67. The first-order valence-electron chi connectivity index (χ1n) is 6.67. The molecule has 5 heteroatoms. The van der Waals surface area contributed by atoms with Crippen LogP contribution in [0.4, 0.5) is 0 Å². The van der Waals surface area contributed by atoms with Crippen molar-refractivity contribution in [2.24, 2.45) is 0 Å². The van der Waals surface area contributed by atoms with Gasteiger partial charge in [0.05, 0.1) is 13.0 Å². The Balaban J connectivity index is 1.71. The number of nitrogens with one attached hydrogen (secondary N) is 1. The maximum absolute atomic E-state index is 11.7. The molecule has 0 aliphatic carbocycles. The van der Waals surface area contributed by atoms with Crippen LogP contribution in [-0.4, -0.2) is 30.3 Å². The molecule has 1 fully saturated rings. The minimum Gasteiger partial charge on any atom is -0.464 e. The second-order valence-electron chi connectivity index (χ2n) is 4.78. The highest BCUT2D eigenvalue weighted by atomic mass is 16.5. The number of carbonyl (C=O) groups is 3. The standard InChI is InChI=1S/C15H17NO4/c17-12(7-6-11-4-2-1-3-5-11)10-14(18)16-13-8-9-20-15(13)19/h1-5,13H,6-10H2,(H,16,18)/t13-/m0/s1. The molecule has 1 aliphatic heterocycles. The number of Topliss-reactive ketones (excluding diaryl/α,β-unsaturated/α-hetero) is 1. The van der Waals surface area contributed by atoms with Gasteiger partial charge in [-0.2, -0.15) is 0 Å². The van der Waals surface area contributed by atoms with E-state index in [4.69, 9.17) is 4.74 Å². The third kappa shape index (κ3) is 4.19. The number of benzene rings is 1. The molecular formula is C15H17NO4. The van der Waals surface area contributed by atoms with E-state index in [0.29, 0.717) is 25.9 Å². The van der Waals surface area contributed by atoms with Crippen molar-refractivity contribution < 1.29 is 19.1 Å². The smallest absolute Gasteiger partial charge is 0.328 e. The molecule has 1 saturated heterocycles. The second kappa shape index (κ2) is 6.84. The Labute approximate surface area is 117 Å². The van der Waals surface area contributed by atoms with Crippen molar-refractivity contribution >= 4 is 17.7 Å². The number of aryl methyl sites for hydroxylation is 1. The predicted molar refractivity (Wildman–Crippen MR) is 71.9 cm³/mol. The van der Waals surface area contributed by atoms with E-state index in [2.05, 4.69) is 5.32 Å². The normalized spacial score (nSPS) is 17.6. The van der Waals surface area contributed by atoms with Gasteiger partial charge in [-0.1, -0.05) is 30.3 Å². The first kappa shape index (κ1) is 14.2. The van der Waals surface area contributed by atoms with Crippen LogP contribution in [0.5, 0.6) is 0 Å². The number of esters is 1. The number of hydrogen-bond acceptors (Lipinski definition) is 4. The first-order chi connectivity index (χ1) is 9.65. The van der Waals surface area contributed by atoms with Crippen LogP contribution in [0.25, 0.3) is 0 Å². The van der Waals surface area contributed by atoms with Crippen molar-refractivity contribution in [1.82, 2.24) is 5.32 Å². The molecule has 2 rings (SSSR count). The Hall–Kier alpha value is -2.17. The lowest BCUT2D eigenvalue weighted by atomic mass is 10.1. The van der Waals surface area contributed by atoms with E-state index in [-0.39, 0.29) is 12.2 Å². The molecule has 0 bridgehead atoms. The van der Waals surface area contributed by atoms with E-state index in [1.807, 2.05) is 30.3 Å². The molecule has 106 valence electrons. The van der Waals surface area contributed by atoms with Crippen molar-refractivity contribution in [2.45, 2.75) is 31.7 Å². The molecule has 5 nitrogen and oxygen atoms in total. The average molecular weight is 275 g/mol. The Morgan fingerprint density at radius 2 is 2.00 bits per heavy atom. The minimum absolute atomic E-state index is 0.127. The molecule has 1 atom stereocenters. The van der Waals surface area contributed by atoms with Gasteiger partial charge >= 0.3 is 5.97 Å². The third-order valence-corrected chi connectivity index (χ3v) is 3.16. The van der Waals surface area contributed by atoms with Crippen LogP contribution in [-0.2, 0) is 25.5 Å². The van der Waals surface area contributed by atoms with Gasteiger partial charge in [-0.15, -0.1) is 0 Å². The van der Waals surface area contributed by atoms with E-state index in [0.717, 1.165) is 5.56 Å². The van der Waals surface area contributed by atoms with Gasteiger partial charge in [0.2, 0.25) is 5.91 Å². The molecule has 1 heterocycles. The fourth-order valence-corrected chi connectivity index (χ4v) is 2.07. The highest BCUT2D eigenvalue weighted by Gasteiger charge is 2.28. The van der Waals surface area contributed by atoms with E-state index in [1.54, 1.807) is 0 Å². The molecule has 1 amide bonds. The SMILES string of the molecule is O=C(CCc1ccccc1)CC(=O)N[C@H]1CCOC1=O. The maximum Gasteiger partial charge on any atom is 0.328 e. The lowest BCUT2D eigenvalue weighted by Gasteiger charge is -2.08. The number of amides is 1. The van der Waals surface area contributed by atoms with Crippen LogP contribution in [0.2, 0.25) is 0 Å². The fraction of sp³-hybridized carbons (Fsp3) is 0.400. The highest BCUT2D eigenvalue weighted by Crippen LogP contribution is 2.07. The summed E-state index contributed by atoms with van der Waals surface area (Å²) in [7, 11) is 0. The molecule has 0 saturated carbocycles. The Kier molecular flexibility index (Phi) is 4.87. The van der Waals surface area contributed by atoms with Gasteiger partial charge in [-0.25, -0.2) is 4.79 Å². The van der Waals surface area contributed by atoms with E-state index >= 15 is 0 Å². The fourth-order valence-electron chi connectivity index (χ4n) is 2.07. The van der Waals surface area contributed by atoms with Gasteiger partial charge in [-0.05, 0) is 12.0 Å². The number of cyclic esters (lactones) is 1. The van der Waals surface area contributed by atoms with Gasteiger partial charge in [0.25, 0.3) is 0 Å². The summed E-state index contributed by atoms with van der Waals surface area (Å²) in [5, 5.41) is 2.52. The quantitative estimate of drug-likeness (QED) is 0.621. The number of ether oxygens (including phenoxy) is 1. The second-order valence-corrected chi connectivity index (χ2v) is 4.78. The number of hydrogen-bond donors (Lipinski definition) is 1. The number of carbonyl (C=O) groups excluding carboxylic acids is 3.